The molecule has 2 aromatic heterocycles. The molecule has 4 nitrogen and oxygen atoms in total. The fourth-order valence-corrected chi connectivity index (χ4v) is 3.41. The van der Waals surface area contributed by atoms with Crippen molar-refractivity contribution in [1.82, 2.24) is 9.78 Å². The number of carbonyl (C=O) groups excluding carboxylic acids is 1. The summed E-state index contributed by atoms with van der Waals surface area (Å²) >= 11 is 1.47. The van der Waals surface area contributed by atoms with Crippen molar-refractivity contribution in [3.63, 3.8) is 0 Å². The van der Waals surface area contributed by atoms with Gasteiger partial charge in [-0.25, -0.2) is 0 Å². The van der Waals surface area contributed by atoms with Gasteiger partial charge in [-0.05, 0) is 44.0 Å². The summed E-state index contributed by atoms with van der Waals surface area (Å²) in [7, 11) is 1.90. The van der Waals surface area contributed by atoms with Crippen LogP contribution in [0.2, 0.25) is 0 Å². The lowest BCUT2D eigenvalue weighted by Crippen LogP contribution is -2.11. The zero-order valence-electron chi connectivity index (χ0n) is 12.5. The van der Waals surface area contributed by atoms with Gasteiger partial charge in [-0.2, -0.15) is 5.10 Å². The van der Waals surface area contributed by atoms with E-state index in [0.717, 1.165) is 27.2 Å². The lowest BCUT2D eigenvalue weighted by molar-refractivity contribution is 0.103. The Morgan fingerprint density at radius 1 is 1.29 bits per heavy atom. The van der Waals surface area contributed by atoms with E-state index in [0.29, 0.717) is 4.88 Å². The minimum Gasteiger partial charge on any atom is -0.321 e. The molecule has 0 aliphatic heterocycles. The van der Waals surface area contributed by atoms with Crippen molar-refractivity contribution in [3.8, 4) is 0 Å². The third-order valence-electron chi connectivity index (χ3n) is 3.77. The normalized spacial score (nSPS) is 11.0. The van der Waals surface area contributed by atoms with Crippen molar-refractivity contribution in [2.75, 3.05) is 5.32 Å². The molecule has 1 aromatic carbocycles. The Balaban J connectivity index is 1.93. The van der Waals surface area contributed by atoms with Gasteiger partial charge in [-0.15, -0.1) is 11.3 Å². The molecular formula is C16H17N3OS. The molecule has 0 saturated carbocycles. The maximum absolute atomic E-state index is 12.4. The van der Waals surface area contributed by atoms with Crippen LogP contribution in [0.3, 0.4) is 0 Å². The van der Waals surface area contributed by atoms with E-state index in [1.807, 2.05) is 56.8 Å². The number of fused-ring (bicyclic) bond motifs is 1. The van der Waals surface area contributed by atoms with E-state index in [9.17, 15) is 4.79 Å². The van der Waals surface area contributed by atoms with E-state index in [4.69, 9.17) is 0 Å². The number of aryl methyl sites for hydroxylation is 3. The molecule has 0 spiro atoms. The van der Waals surface area contributed by atoms with E-state index in [-0.39, 0.29) is 5.91 Å². The molecule has 0 radical (unpaired) electrons. The fourth-order valence-electron chi connectivity index (χ4n) is 2.39. The van der Waals surface area contributed by atoms with Crippen LogP contribution in [0, 0.1) is 20.8 Å². The minimum atomic E-state index is -0.0655. The Bertz CT molecular complexity index is 810. The second-order valence-corrected chi connectivity index (χ2v) is 6.27. The highest BCUT2D eigenvalue weighted by Gasteiger charge is 2.15. The first kappa shape index (κ1) is 13.8. The summed E-state index contributed by atoms with van der Waals surface area (Å²) in [5.41, 5.74) is 4.09. The van der Waals surface area contributed by atoms with Crippen LogP contribution in [0.1, 0.15) is 26.5 Å². The molecular weight excluding hydrogens is 282 g/mol. The Morgan fingerprint density at radius 2 is 2.05 bits per heavy atom. The van der Waals surface area contributed by atoms with Gasteiger partial charge in [-0.1, -0.05) is 12.1 Å². The van der Waals surface area contributed by atoms with Gasteiger partial charge < -0.3 is 5.32 Å². The highest BCUT2D eigenvalue weighted by Crippen LogP contribution is 2.28. The average Bonchev–Trinajstić information content (AvgIpc) is 2.98. The Hall–Kier alpha value is -2.14. The molecule has 1 N–H and O–H groups in total. The predicted molar refractivity (Wildman–Crippen MR) is 87.2 cm³/mol. The van der Waals surface area contributed by atoms with Gasteiger partial charge in [0.15, 0.2) is 0 Å². The van der Waals surface area contributed by atoms with E-state index in [2.05, 4.69) is 10.4 Å². The number of hydrogen-bond acceptors (Lipinski definition) is 3. The molecule has 1 amide bonds. The highest BCUT2D eigenvalue weighted by molar-refractivity contribution is 7.20. The van der Waals surface area contributed by atoms with Crippen molar-refractivity contribution < 1.29 is 4.79 Å². The van der Waals surface area contributed by atoms with Crippen LogP contribution in [0.25, 0.3) is 10.2 Å². The molecule has 5 heteroatoms. The molecule has 0 fully saturated rings. The van der Waals surface area contributed by atoms with Crippen molar-refractivity contribution in [3.05, 3.63) is 46.0 Å². The summed E-state index contributed by atoms with van der Waals surface area (Å²) < 4.78 is 1.82. The smallest absolute Gasteiger partial charge is 0.265 e. The molecule has 0 aliphatic carbocycles. The third kappa shape index (κ3) is 2.34. The Morgan fingerprint density at radius 3 is 2.76 bits per heavy atom. The van der Waals surface area contributed by atoms with E-state index in [1.54, 1.807) is 0 Å². The Labute approximate surface area is 127 Å². The molecule has 3 aromatic rings. The highest BCUT2D eigenvalue weighted by atomic mass is 32.1. The van der Waals surface area contributed by atoms with Crippen LogP contribution in [-0.4, -0.2) is 15.7 Å². The van der Waals surface area contributed by atoms with Crippen LogP contribution < -0.4 is 5.32 Å². The lowest BCUT2D eigenvalue weighted by atomic mass is 10.1. The fraction of sp³-hybridized carbons (Fsp3) is 0.250. The van der Waals surface area contributed by atoms with E-state index >= 15 is 0 Å². The molecule has 0 saturated heterocycles. The molecule has 0 unspecified atom stereocenters. The predicted octanol–water partition coefficient (Wildman–Crippen LogP) is 3.81. The number of nitrogens with zero attached hydrogens (tertiary/aromatic N) is 2. The second kappa shape index (κ2) is 5.00. The molecule has 3 rings (SSSR count). The quantitative estimate of drug-likeness (QED) is 0.782. The van der Waals surface area contributed by atoms with Crippen LogP contribution in [-0.2, 0) is 7.05 Å². The first-order valence-corrected chi connectivity index (χ1v) is 7.59. The number of benzene rings is 1. The molecule has 21 heavy (non-hydrogen) atoms. The van der Waals surface area contributed by atoms with Crippen LogP contribution >= 0.6 is 11.3 Å². The third-order valence-corrected chi connectivity index (χ3v) is 4.97. The number of thiophene rings is 1. The van der Waals surface area contributed by atoms with Crippen LogP contribution in [0.4, 0.5) is 5.69 Å². The zero-order chi connectivity index (χ0) is 15.1. The first-order valence-electron chi connectivity index (χ1n) is 6.78. The molecule has 0 bridgehead atoms. The van der Waals surface area contributed by atoms with Gasteiger partial charge >= 0.3 is 0 Å². The summed E-state index contributed by atoms with van der Waals surface area (Å²) in [4.78, 5) is 14.2. The average molecular weight is 299 g/mol. The summed E-state index contributed by atoms with van der Waals surface area (Å²) in [6, 6.07) is 7.85. The molecule has 2 heterocycles. The van der Waals surface area contributed by atoms with Crippen molar-refractivity contribution in [2.24, 2.45) is 7.05 Å². The monoisotopic (exact) mass is 299 g/mol. The minimum absolute atomic E-state index is 0.0655. The van der Waals surface area contributed by atoms with E-state index < -0.39 is 0 Å². The number of nitrogens with one attached hydrogen (secondary N) is 1. The Kier molecular flexibility index (Phi) is 3.29. The summed E-state index contributed by atoms with van der Waals surface area (Å²) in [6.07, 6.45) is 0. The molecule has 108 valence electrons. The van der Waals surface area contributed by atoms with E-state index in [1.165, 1.54) is 16.9 Å². The summed E-state index contributed by atoms with van der Waals surface area (Å²) in [6.45, 7) is 6.02. The van der Waals surface area contributed by atoms with Crippen molar-refractivity contribution >= 4 is 33.1 Å². The van der Waals surface area contributed by atoms with Gasteiger partial charge in [0.05, 0.1) is 10.6 Å². The number of carbonyl (C=O) groups is 1. The summed E-state index contributed by atoms with van der Waals surface area (Å²) in [5.74, 6) is -0.0655. The van der Waals surface area contributed by atoms with Gasteiger partial charge in [0.1, 0.15) is 4.83 Å². The van der Waals surface area contributed by atoms with Gasteiger partial charge in [0.2, 0.25) is 0 Å². The number of anilines is 1. The topological polar surface area (TPSA) is 46.9 Å². The number of amides is 1. The zero-order valence-corrected chi connectivity index (χ0v) is 13.3. The number of hydrogen-bond donors (Lipinski definition) is 1. The largest absolute Gasteiger partial charge is 0.321 e. The van der Waals surface area contributed by atoms with Crippen molar-refractivity contribution in [1.29, 1.82) is 0 Å². The number of aromatic nitrogens is 2. The summed E-state index contributed by atoms with van der Waals surface area (Å²) in [5, 5.41) is 8.40. The lowest BCUT2D eigenvalue weighted by Gasteiger charge is -2.09. The second-order valence-electron chi connectivity index (χ2n) is 5.24. The van der Waals surface area contributed by atoms with Crippen LogP contribution in [0.15, 0.2) is 24.3 Å². The van der Waals surface area contributed by atoms with Gasteiger partial charge in [0, 0.05) is 18.1 Å². The maximum atomic E-state index is 12.4. The maximum Gasteiger partial charge on any atom is 0.265 e. The first-order chi connectivity index (χ1) is 9.97. The van der Waals surface area contributed by atoms with Gasteiger partial charge in [-0.3, -0.25) is 9.48 Å². The molecule has 0 aliphatic rings. The molecule has 0 atom stereocenters. The van der Waals surface area contributed by atoms with Crippen LogP contribution in [0.5, 0.6) is 0 Å². The number of rotatable bonds is 2. The van der Waals surface area contributed by atoms with Gasteiger partial charge in [0.25, 0.3) is 5.91 Å². The SMILES string of the molecule is Cc1cccc(NC(=O)c2cc3c(C)nn(C)c3s2)c1C. The standard InChI is InChI=1S/C16H17N3OS/c1-9-6-5-7-13(10(9)2)17-15(20)14-8-12-11(3)18-19(4)16(12)21-14/h5-8H,1-4H3,(H,17,20). The van der Waals surface area contributed by atoms with Crippen molar-refractivity contribution in [2.45, 2.75) is 20.8 Å².